The molecule has 116 valence electrons. The molecule has 1 saturated carbocycles. The number of aromatic amines is 1. The predicted octanol–water partition coefficient (Wildman–Crippen LogP) is 4.02. The van der Waals surface area contributed by atoms with Gasteiger partial charge < -0.3 is 15.0 Å². The minimum absolute atomic E-state index is 0.584. The fourth-order valence-electron chi connectivity index (χ4n) is 3.35. The standard InChI is InChI=1S/C17H21N3OS/c1-21-13-8-11-9-15(17-18-6-7-22-17)20-16(11)14(10-13)19-12-4-2-3-5-12/h8-10,12,19-20H,2-7H2,1H3. The van der Waals surface area contributed by atoms with Crippen molar-refractivity contribution in [1.29, 1.82) is 0 Å². The quantitative estimate of drug-likeness (QED) is 0.896. The number of thioether (sulfide) groups is 1. The number of aromatic nitrogens is 1. The van der Waals surface area contributed by atoms with Gasteiger partial charge in [0.15, 0.2) is 0 Å². The third kappa shape index (κ3) is 2.58. The number of H-pyrrole nitrogens is 1. The Labute approximate surface area is 134 Å². The molecule has 1 aliphatic carbocycles. The fraction of sp³-hybridized carbons (Fsp3) is 0.471. The Morgan fingerprint density at radius 1 is 1.27 bits per heavy atom. The van der Waals surface area contributed by atoms with E-state index in [9.17, 15) is 0 Å². The third-order valence-corrected chi connectivity index (χ3v) is 5.48. The van der Waals surface area contributed by atoms with Crippen LogP contribution < -0.4 is 10.1 Å². The van der Waals surface area contributed by atoms with Crippen LogP contribution in [0.25, 0.3) is 10.9 Å². The van der Waals surface area contributed by atoms with Crippen LogP contribution in [-0.4, -0.2) is 35.5 Å². The molecule has 0 unspecified atom stereocenters. The van der Waals surface area contributed by atoms with Crippen molar-refractivity contribution in [3.8, 4) is 5.75 Å². The van der Waals surface area contributed by atoms with Crippen LogP contribution in [0.5, 0.6) is 5.75 Å². The van der Waals surface area contributed by atoms with Crippen molar-refractivity contribution in [2.75, 3.05) is 24.7 Å². The predicted molar refractivity (Wildman–Crippen MR) is 94.6 cm³/mol. The molecule has 0 saturated heterocycles. The number of methoxy groups -OCH3 is 1. The van der Waals surface area contributed by atoms with Crippen molar-refractivity contribution < 1.29 is 4.74 Å². The summed E-state index contributed by atoms with van der Waals surface area (Å²) < 4.78 is 5.47. The molecular formula is C17H21N3OS. The Morgan fingerprint density at radius 3 is 2.86 bits per heavy atom. The maximum absolute atomic E-state index is 5.47. The lowest BCUT2D eigenvalue weighted by Crippen LogP contribution is -2.14. The summed E-state index contributed by atoms with van der Waals surface area (Å²) >= 11 is 1.83. The Morgan fingerprint density at radius 2 is 2.14 bits per heavy atom. The average molecular weight is 315 g/mol. The maximum atomic E-state index is 5.47. The largest absolute Gasteiger partial charge is 0.497 e. The molecule has 1 aromatic carbocycles. The second-order valence-corrected chi connectivity index (χ2v) is 7.07. The first-order valence-corrected chi connectivity index (χ1v) is 8.97. The number of hydrogen-bond acceptors (Lipinski definition) is 4. The highest BCUT2D eigenvalue weighted by Gasteiger charge is 2.18. The van der Waals surface area contributed by atoms with Gasteiger partial charge in [0, 0.05) is 29.8 Å². The van der Waals surface area contributed by atoms with Crippen LogP contribution in [0.3, 0.4) is 0 Å². The van der Waals surface area contributed by atoms with Crippen LogP contribution in [0.2, 0.25) is 0 Å². The van der Waals surface area contributed by atoms with Crippen molar-refractivity contribution in [2.45, 2.75) is 31.7 Å². The number of rotatable bonds is 4. The molecule has 0 atom stereocenters. The van der Waals surface area contributed by atoms with E-state index in [1.54, 1.807) is 7.11 Å². The summed E-state index contributed by atoms with van der Waals surface area (Å²) in [6, 6.07) is 6.97. The molecule has 1 aliphatic heterocycles. The number of hydrogen-bond donors (Lipinski definition) is 2. The lowest BCUT2D eigenvalue weighted by molar-refractivity contribution is 0.415. The van der Waals surface area contributed by atoms with Crippen LogP contribution in [-0.2, 0) is 0 Å². The van der Waals surface area contributed by atoms with Gasteiger partial charge in [0.25, 0.3) is 0 Å². The Bertz CT molecular complexity index is 716. The highest BCUT2D eigenvalue weighted by atomic mass is 32.2. The van der Waals surface area contributed by atoms with Crippen LogP contribution in [0.1, 0.15) is 31.4 Å². The van der Waals surface area contributed by atoms with E-state index >= 15 is 0 Å². The molecule has 1 aromatic heterocycles. The van der Waals surface area contributed by atoms with E-state index < -0.39 is 0 Å². The van der Waals surface area contributed by atoms with Gasteiger partial charge in [-0.2, -0.15) is 0 Å². The van der Waals surface area contributed by atoms with Crippen molar-refractivity contribution in [2.24, 2.45) is 4.99 Å². The third-order valence-electron chi connectivity index (χ3n) is 4.47. The van der Waals surface area contributed by atoms with E-state index in [1.165, 1.54) is 31.1 Å². The van der Waals surface area contributed by atoms with E-state index in [1.807, 2.05) is 11.8 Å². The highest BCUT2D eigenvalue weighted by molar-refractivity contribution is 8.14. The maximum Gasteiger partial charge on any atom is 0.121 e. The lowest BCUT2D eigenvalue weighted by atomic mass is 10.1. The van der Waals surface area contributed by atoms with Gasteiger partial charge in [0.2, 0.25) is 0 Å². The molecule has 0 amide bonds. The van der Waals surface area contributed by atoms with Gasteiger partial charge in [0.1, 0.15) is 10.8 Å². The summed E-state index contributed by atoms with van der Waals surface area (Å²) in [5.74, 6) is 1.99. The topological polar surface area (TPSA) is 49.4 Å². The van der Waals surface area contributed by atoms with Crippen molar-refractivity contribution >= 4 is 33.4 Å². The number of aliphatic imine (C=N–C) groups is 1. The van der Waals surface area contributed by atoms with Gasteiger partial charge in [-0.25, -0.2) is 0 Å². The molecule has 2 heterocycles. The van der Waals surface area contributed by atoms with E-state index in [4.69, 9.17) is 4.74 Å². The van der Waals surface area contributed by atoms with Gasteiger partial charge in [-0.3, -0.25) is 4.99 Å². The van der Waals surface area contributed by atoms with Crippen LogP contribution >= 0.6 is 11.8 Å². The molecule has 0 bridgehead atoms. The first-order valence-electron chi connectivity index (χ1n) is 7.98. The monoisotopic (exact) mass is 315 g/mol. The van der Waals surface area contributed by atoms with Gasteiger partial charge in [0.05, 0.1) is 24.0 Å². The molecule has 2 N–H and O–H groups in total. The number of fused-ring (bicyclic) bond motifs is 1. The van der Waals surface area contributed by atoms with Crippen LogP contribution in [0.4, 0.5) is 5.69 Å². The number of ether oxygens (including phenoxy) is 1. The summed E-state index contributed by atoms with van der Waals surface area (Å²) in [5, 5.41) is 6.02. The summed E-state index contributed by atoms with van der Waals surface area (Å²) in [4.78, 5) is 8.14. The number of benzene rings is 1. The zero-order valence-electron chi connectivity index (χ0n) is 12.8. The highest BCUT2D eigenvalue weighted by Crippen LogP contribution is 2.33. The molecule has 0 radical (unpaired) electrons. The summed E-state index contributed by atoms with van der Waals surface area (Å²) in [6.07, 6.45) is 5.17. The first kappa shape index (κ1) is 14.0. The Hall–Kier alpha value is -1.62. The zero-order valence-corrected chi connectivity index (χ0v) is 13.6. The molecule has 5 heteroatoms. The van der Waals surface area contributed by atoms with E-state index in [0.29, 0.717) is 6.04 Å². The van der Waals surface area contributed by atoms with Crippen molar-refractivity contribution in [3.63, 3.8) is 0 Å². The molecule has 4 rings (SSSR count). The number of nitrogens with zero attached hydrogens (tertiary/aromatic N) is 1. The second kappa shape index (κ2) is 5.88. The normalized spacial score (nSPS) is 18.9. The molecule has 2 aliphatic rings. The van der Waals surface area contributed by atoms with E-state index in [2.05, 4.69) is 33.5 Å². The van der Waals surface area contributed by atoms with Gasteiger partial charge in [-0.05, 0) is 25.0 Å². The molecule has 1 fully saturated rings. The Balaban J connectivity index is 1.75. The van der Waals surface area contributed by atoms with Crippen molar-refractivity contribution in [1.82, 2.24) is 4.98 Å². The molecular weight excluding hydrogens is 294 g/mol. The summed E-state index contributed by atoms with van der Waals surface area (Å²) in [5.41, 5.74) is 3.44. The SMILES string of the molecule is COc1cc(NC2CCCC2)c2[nH]c(C3=NCCS3)cc2c1. The minimum Gasteiger partial charge on any atom is -0.497 e. The minimum atomic E-state index is 0.584. The van der Waals surface area contributed by atoms with Gasteiger partial charge in [-0.1, -0.05) is 12.8 Å². The van der Waals surface area contributed by atoms with Gasteiger partial charge >= 0.3 is 0 Å². The summed E-state index contributed by atoms with van der Waals surface area (Å²) in [6.45, 7) is 0.922. The lowest BCUT2D eigenvalue weighted by Gasteiger charge is -2.15. The second-order valence-electron chi connectivity index (χ2n) is 5.98. The molecule has 0 spiro atoms. The smallest absolute Gasteiger partial charge is 0.121 e. The van der Waals surface area contributed by atoms with Crippen LogP contribution in [0.15, 0.2) is 23.2 Å². The van der Waals surface area contributed by atoms with E-state index in [0.717, 1.165) is 40.0 Å². The van der Waals surface area contributed by atoms with E-state index in [-0.39, 0.29) is 0 Å². The summed E-state index contributed by atoms with van der Waals surface area (Å²) in [7, 11) is 1.73. The average Bonchev–Trinajstić information content (AvgIpc) is 3.27. The van der Waals surface area contributed by atoms with Gasteiger partial charge in [-0.15, -0.1) is 11.8 Å². The molecule has 22 heavy (non-hydrogen) atoms. The van der Waals surface area contributed by atoms with Crippen molar-refractivity contribution in [3.05, 3.63) is 23.9 Å². The molecule has 2 aromatic rings. The molecule has 4 nitrogen and oxygen atoms in total. The number of anilines is 1. The first-order chi connectivity index (χ1) is 10.8. The Kier molecular flexibility index (Phi) is 3.74. The fourth-order valence-corrected chi connectivity index (χ4v) is 4.18. The van der Waals surface area contributed by atoms with Crippen LogP contribution in [0, 0.1) is 0 Å². The zero-order chi connectivity index (χ0) is 14.9. The number of nitrogens with one attached hydrogen (secondary N) is 2.